The van der Waals surface area contributed by atoms with Crippen LogP contribution in [-0.2, 0) is 6.42 Å². The molecule has 0 saturated carbocycles. The van der Waals surface area contributed by atoms with Gasteiger partial charge < -0.3 is 0 Å². The van der Waals surface area contributed by atoms with Crippen molar-refractivity contribution in [3.8, 4) is 0 Å². The lowest BCUT2D eigenvalue weighted by molar-refractivity contribution is 1.13. The maximum Gasteiger partial charge on any atom is 0.134 e. The lowest BCUT2D eigenvalue weighted by atomic mass is 10.1. The molecule has 1 nitrogen and oxygen atoms in total. The van der Waals surface area contributed by atoms with Crippen LogP contribution in [0.25, 0.3) is 10.9 Å². The number of aromatic nitrogens is 1. The van der Waals surface area contributed by atoms with Crippen molar-refractivity contribution in [1.29, 1.82) is 0 Å². The molecule has 0 atom stereocenters. The molecule has 15 heavy (non-hydrogen) atoms. The Morgan fingerprint density at radius 1 is 1.13 bits per heavy atom. The highest BCUT2D eigenvalue weighted by molar-refractivity contribution is 6.39. The number of rotatable bonds is 2. The summed E-state index contributed by atoms with van der Waals surface area (Å²) in [6.45, 7) is 0. The minimum atomic E-state index is 0.444. The van der Waals surface area contributed by atoms with Gasteiger partial charge in [0, 0.05) is 16.8 Å². The number of pyridine rings is 1. The summed E-state index contributed by atoms with van der Waals surface area (Å²) in [6, 6.07) is 7.65. The van der Waals surface area contributed by atoms with Crippen LogP contribution in [0.2, 0.25) is 10.2 Å². The molecule has 1 aromatic heterocycles. The summed E-state index contributed by atoms with van der Waals surface area (Å²) in [6.07, 6.45) is 0.636. The molecule has 0 aliphatic rings. The zero-order valence-corrected chi connectivity index (χ0v) is 10.1. The Labute approximate surface area is 103 Å². The molecule has 0 N–H and O–H groups in total. The molecule has 0 saturated heterocycles. The second-order valence-electron chi connectivity index (χ2n) is 3.15. The number of hydrogen-bond acceptors (Lipinski definition) is 1. The van der Waals surface area contributed by atoms with Crippen LogP contribution in [0.4, 0.5) is 0 Å². The van der Waals surface area contributed by atoms with Gasteiger partial charge >= 0.3 is 0 Å². The van der Waals surface area contributed by atoms with E-state index in [1.165, 1.54) is 0 Å². The number of fused-ring (bicyclic) bond motifs is 1. The van der Waals surface area contributed by atoms with Crippen molar-refractivity contribution in [1.82, 2.24) is 4.98 Å². The molecule has 4 heteroatoms. The second kappa shape index (κ2) is 4.56. The van der Waals surface area contributed by atoms with Crippen LogP contribution in [0.3, 0.4) is 0 Å². The molecule has 78 valence electrons. The van der Waals surface area contributed by atoms with Crippen molar-refractivity contribution >= 4 is 45.7 Å². The predicted molar refractivity (Wildman–Crippen MR) is 66.2 cm³/mol. The first-order chi connectivity index (χ1) is 7.24. The molecular formula is C11H8Cl3N. The van der Waals surface area contributed by atoms with Gasteiger partial charge in [-0.2, -0.15) is 0 Å². The maximum absolute atomic E-state index is 6.24. The number of nitrogens with zero attached hydrogens (tertiary/aromatic N) is 1. The third kappa shape index (κ3) is 2.05. The van der Waals surface area contributed by atoms with Gasteiger partial charge in [0.05, 0.1) is 10.5 Å². The maximum atomic E-state index is 6.24. The first-order valence-corrected chi connectivity index (χ1v) is 5.81. The summed E-state index contributed by atoms with van der Waals surface area (Å²) in [7, 11) is 0. The fraction of sp³-hybridized carbons (Fsp3) is 0.182. The quantitative estimate of drug-likeness (QED) is 0.579. The Morgan fingerprint density at radius 3 is 2.60 bits per heavy atom. The van der Waals surface area contributed by atoms with E-state index in [2.05, 4.69) is 4.98 Å². The molecule has 1 aromatic carbocycles. The van der Waals surface area contributed by atoms with Crippen molar-refractivity contribution in [3.05, 3.63) is 40.0 Å². The number of hydrogen-bond donors (Lipinski definition) is 0. The third-order valence-corrected chi connectivity index (χ3v) is 3.15. The molecule has 0 aliphatic carbocycles. The molecule has 2 rings (SSSR count). The monoisotopic (exact) mass is 259 g/mol. The zero-order chi connectivity index (χ0) is 10.8. The van der Waals surface area contributed by atoms with Crippen LogP contribution in [0.15, 0.2) is 24.3 Å². The van der Waals surface area contributed by atoms with E-state index in [-0.39, 0.29) is 0 Å². The number of benzene rings is 1. The second-order valence-corrected chi connectivity index (χ2v) is 4.27. The van der Waals surface area contributed by atoms with E-state index in [1.54, 1.807) is 0 Å². The summed E-state index contributed by atoms with van der Waals surface area (Å²) >= 11 is 18.0. The minimum Gasteiger partial charge on any atom is -0.236 e. The molecule has 0 unspecified atom stereocenters. The van der Waals surface area contributed by atoms with Gasteiger partial charge in [0.15, 0.2) is 0 Å². The Bertz CT molecular complexity index is 496. The van der Waals surface area contributed by atoms with E-state index >= 15 is 0 Å². The van der Waals surface area contributed by atoms with Crippen LogP contribution in [0.1, 0.15) is 5.56 Å². The molecule has 0 radical (unpaired) electrons. The minimum absolute atomic E-state index is 0.444. The van der Waals surface area contributed by atoms with Crippen LogP contribution in [0.5, 0.6) is 0 Å². The van der Waals surface area contributed by atoms with Gasteiger partial charge in [-0.25, -0.2) is 4.98 Å². The van der Waals surface area contributed by atoms with E-state index in [0.29, 0.717) is 22.5 Å². The first-order valence-electron chi connectivity index (χ1n) is 4.52. The predicted octanol–water partition coefficient (Wildman–Crippen LogP) is 4.32. The molecule has 2 aromatic rings. The average molecular weight is 261 g/mol. The molecule has 0 bridgehead atoms. The standard InChI is InChI=1S/C11H8Cl3N/c12-6-5-8-10(13)7-3-1-2-4-9(7)15-11(8)14/h1-4H,5-6H2. The lowest BCUT2D eigenvalue weighted by Gasteiger charge is -2.07. The highest BCUT2D eigenvalue weighted by Crippen LogP contribution is 2.31. The van der Waals surface area contributed by atoms with Crippen molar-refractivity contribution in [2.75, 3.05) is 5.88 Å². The van der Waals surface area contributed by atoms with Crippen LogP contribution in [0, 0.1) is 0 Å². The highest BCUT2D eigenvalue weighted by atomic mass is 35.5. The van der Waals surface area contributed by atoms with Gasteiger partial charge in [-0.05, 0) is 12.5 Å². The van der Waals surface area contributed by atoms with E-state index in [1.807, 2.05) is 24.3 Å². The Morgan fingerprint density at radius 2 is 1.87 bits per heavy atom. The summed E-state index contributed by atoms with van der Waals surface area (Å²) in [5.41, 5.74) is 1.64. The largest absolute Gasteiger partial charge is 0.236 e. The highest BCUT2D eigenvalue weighted by Gasteiger charge is 2.10. The molecule has 1 heterocycles. The summed E-state index contributed by atoms with van der Waals surface area (Å²) in [5, 5.41) is 2.02. The smallest absolute Gasteiger partial charge is 0.134 e. The average Bonchev–Trinajstić information content (AvgIpc) is 2.24. The molecule has 0 fully saturated rings. The van der Waals surface area contributed by atoms with E-state index in [9.17, 15) is 0 Å². The summed E-state index contributed by atoms with van der Waals surface area (Å²) in [4.78, 5) is 4.28. The van der Waals surface area contributed by atoms with E-state index in [0.717, 1.165) is 16.5 Å². The summed E-state index contributed by atoms with van der Waals surface area (Å²) < 4.78 is 0. The zero-order valence-electron chi connectivity index (χ0n) is 7.80. The fourth-order valence-corrected chi connectivity index (χ4v) is 2.35. The SMILES string of the molecule is ClCCc1c(Cl)nc2ccccc2c1Cl. The fourth-order valence-electron chi connectivity index (χ4n) is 1.49. The number of alkyl halides is 1. The Kier molecular flexibility index (Phi) is 3.35. The number of halogens is 3. The topological polar surface area (TPSA) is 12.9 Å². The molecule has 0 spiro atoms. The van der Waals surface area contributed by atoms with Gasteiger partial charge in [-0.1, -0.05) is 41.4 Å². The lowest BCUT2D eigenvalue weighted by Crippen LogP contribution is -1.94. The Balaban J connectivity index is 2.72. The van der Waals surface area contributed by atoms with Gasteiger partial charge in [0.1, 0.15) is 5.15 Å². The molecule has 0 amide bonds. The first kappa shape index (κ1) is 11.0. The van der Waals surface area contributed by atoms with Crippen molar-refractivity contribution in [2.45, 2.75) is 6.42 Å². The number of para-hydroxylation sites is 1. The van der Waals surface area contributed by atoms with Crippen molar-refractivity contribution in [3.63, 3.8) is 0 Å². The van der Waals surface area contributed by atoms with Gasteiger partial charge in [-0.15, -0.1) is 11.6 Å². The van der Waals surface area contributed by atoms with Crippen molar-refractivity contribution in [2.24, 2.45) is 0 Å². The van der Waals surface area contributed by atoms with Crippen molar-refractivity contribution < 1.29 is 0 Å². The van der Waals surface area contributed by atoms with Crippen LogP contribution < -0.4 is 0 Å². The normalized spacial score (nSPS) is 10.9. The van der Waals surface area contributed by atoms with Gasteiger partial charge in [-0.3, -0.25) is 0 Å². The summed E-state index contributed by atoms with van der Waals surface area (Å²) in [5.74, 6) is 0.486. The molecule has 0 aliphatic heterocycles. The van der Waals surface area contributed by atoms with Gasteiger partial charge in [0.25, 0.3) is 0 Å². The Hall–Kier alpha value is -0.500. The van der Waals surface area contributed by atoms with Gasteiger partial charge in [0.2, 0.25) is 0 Å². The van der Waals surface area contributed by atoms with E-state index in [4.69, 9.17) is 34.8 Å². The van der Waals surface area contributed by atoms with Crippen LogP contribution in [-0.4, -0.2) is 10.9 Å². The molecular weight excluding hydrogens is 252 g/mol. The third-order valence-electron chi connectivity index (χ3n) is 2.22. The van der Waals surface area contributed by atoms with E-state index < -0.39 is 0 Å². The van der Waals surface area contributed by atoms with Crippen LogP contribution >= 0.6 is 34.8 Å².